The molecule has 0 aliphatic rings. The summed E-state index contributed by atoms with van der Waals surface area (Å²) in [5.41, 5.74) is 0.420. The number of nitrogens with zero attached hydrogens (tertiary/aromatic N) is 4. The fourth-order valence-electron chi connectivity index (χ4n) is 2.82. The maximum absolute atomic E-state index is 12.9. The monoisotopic (exact) mass is 417 g/mol. The topological polar surface area (TPSA) is 72.7 Å². The molecule has 29 heavy (non-hydrogen) atoms. The molecule has 0 saturated carbocycles. The van der Waals surface area contributed by atoms with Crippen molar-refractivity contribution in [2.24, 2.45) is 0 Å². The molecular formula is C19H14F3N5OS. The summed E-state index contributed by atoms with van der Waals surface area (Å²) in [6.45, 7) is 2.13. The van der Waals surface area contributed by atoms with Crippen LogP contribution in [0, 0.1) is 6.92 Å². The van der Waals surface area contributed by atoms with Crippen LogP contribution >= 0.6 is 11.3 Å². The number of pyridine rings is 2. The number of aromatic nitrogens is 4. The second-order valence-corrected chi connectivity index (χ2v) is 7.28. The zero-order valence-corrected chi connectivity index (χ0v) is 15.9. The number of thiophene rings is 1. The van der Waals surface area contributed by atoms with Gasteiger partial charge in [-0.05, 0) is 36.8 Å². The van der Waals surface area contributed by atoms with Crippen molar-refractivity contribution in [1.82, 2.24) is 19.7 Å². The number of hydrogen-bond donors (Lipinski definition) is 1. The van der Waals surface area contributed by atoms with Crippen molar-refractivity contribution >= 4 is 33.3 Å². The number of carbonyl (C=O) groups is 1. The third-order valence-electron chi connectivity index (χ3n) is 4.23. The fraction of sp³-hybridized carbons (Fsp3) is 0.158. The highest BCUT2D eigenvalue weighted by Crippen LogP contribution is 2.34. The summed E-state index contributed by atoms with van der Waals surface area (Å²) in [6, 6.07) is 9.46. The maximum Gasteiger partial charge on any atom is 0.433 e. The van der Waals surface area contributed by atoms with Crippen LogP contribution in [0.4, 0.5) is 19.0 Å². The van der Waals surface area contributed by atoms with Crippen LogP contribution in [-0.2, 0) is 12.7 Å². The van der Waals surface area contributed by atoms with Crippen LogP contribution in [0.2, 0.25) is 0 Å². The van der Waals surface area contributed by atoms with Gasteiger partial charge in [-0.25, -0.2) is 4.98 Å². The van der Waals surface area contributed by atoms with Gasteiger partial charge in [0, 0.05) is 23.8 Å². The van der Waals surface area contributed by atoms with Crippen LogP contribution < -0.4 is 5.32 Å². The Morgan fingerprint density at radius 3 is 2.76 bits per heavy atom. The largest absolute Gasteiger partial charge is 0.433 e. The Kier molecular flexibility index (Phi) is 4.79. The molecule has 0 saturated heterocycles. The maximum atomic E-state index is 12.9. The van der Waals surface area contributed by atoms with E-state index in [1.54, 1.807) is 30.1 Å². The molecule has 148 valence electrons. The molecule has 6 nitrogen and oxygen atoms in total. The number of anilines is 1. The third kappa shape index (κ3) is 3.97. The molecule has 1 amide bonds. The van der Waals surface area contributed by atoms with Crippen molar-refractivity contribution in [3.05, 3.63) is 70.6 Å². The summed E-state index contributed by atoms with van der Waals surface area (Å²) in [4.78, 5) is 21.0. The van der Waals surface area contributed by atoms with E-state index >= 15 is 0 Å². The van der Waals surface area contributed by atoms with Crippen LogP contribution in [0.1, 0.15) is 26.6 Å². The minimum atomic E-state index is -4.53. The van der Waals surface area contributed by atoms with Crippen LogP contribution in [0.25, 0.3) is 10.2 Å². The standard InChI is InChI=1S/C19H14F3N5OS/c1-11-13-5-6-14(19(20,21)22)24-18(13)29-16(11)17(28)25-15-7-9-27(26-15)10-12-4-2-3-8-23-12/h2-9H,10H2,1H3,(H,25,26,28). The molecule has 10 heteroatoms. The lowest BCUT2D eigenvalue weighted by atomic mass is 10.2. The normalized spacial score (nSPS) is 11.7. The van der Waals surface area contributed by atoms with Gasteiger partial charge in [-0.15, -0.1) is 11.3 Å². The number of hydrogen-bond acceptors (Lipinski definition) is 5. The van der Waals surface area contributed by atoms with Gasteiger partial charge in [0.05, 0.1) is 17.1 Å². The molecule has 4 heterocycles. The summed E-state index contributed by atoms with van der Waals surface area (Å²) in [5, 5.41) is 7.49. The summed E-state index contributed by atoms with van der Waals surface area (Å²) in [6.07, 6.45) is -1.14. The highest BCUT2D eigenvalue weighted by atomic mass is 32.1. The van der Waals surface area contributed by atoms with E-state index in [1.807, 2.05) is 18.2 Å². The van der Waals surface area contributed by atoms with Crippen LogP contribution in [-0.4, -0.2) is 25.7 Å². The lowest BCUT2D eigenvalue weighted by molar-refractivity contribution is -0.140. The van der Waals surface area contributed by atoms with Gasteiger partial charge >= 0.3 is 6.18 Å². The summed E-state index contributed by atoms with van der Waals surface area (Å²) < 4.78 is 40.3. The van der Waals surface area contributed by atoms with Crippen molar-refractivity contribution < 1.29 is 18.0 Å². The van der Waals surface area contributed by atoms with Gasteiger partial charge in [-0.1, -0.05) is 6.07 Å². The Morgan fingerprint density at radius 2 is 2.03 bits per heavy atom. The lowest BCUT2D eigenvalue weighted by Gasteiger charge is -2.04. The van der Waals surface area contributed by atoms with E-state index in [2.05, 4.69) is 20.4 Å². The minimum absolute atomic E-state index is 0.170. The SMILES string of the molecule is Cc1c(C(=O)Nc2ccn(Cc3ccccn3)n2)sc2nc(C(F)(F)F)ccc12. The van der Waals surface area contributed by atoms with Gasteiger partial charge in [0.15, 0.2) is 5.82 Å². The van der Waals surface area contributed by atoms with Crippen molar-refractivity contribution in [3.8, 4) is 0 Å². The van der Waals surface area contributed by atoms with Crippen LogP contribution in [0.5, 0.6) is 0 Å². The Balaban J connectivity index is 1.54. The number of aryl methyl sites for hydroxylation is 1. The average Bonchev–Trinajstić information content (AvgIpc) is 3.25. The Labute approximate surface area is 167 Å². The van der Waals surface area contributed by atoms with Crippen LogP contribution in [0.3, 0.4) is 0 Å². The van der Waals surface area contributed by atoms with Crippen LogP contribution in [0.15, 0.2) is 48.8 Å². The molecule has 0 aromatic carbocycles. The van der Waals surface area contributed by atoms with Gasteiger partial charge in [-0.3, -0.25) is 14.5 Å². The zero-order chi connectivity index (χ0) is 20.6. The molecule has 0 radical (unpaired) electrons. The first-order valence-electron chi connectivity index (χ1n) is 8.53. The molecule has 4 aromatic heterocycles. The van der Waals surface area contributed by atoms with E-state index in [0.717, 1.165) is 23.1 Å². The highest BCUT2D eigenvalue weighted by molar-refractivity contribution is 7.20. The molecule has 1 N–H and O–H groups in total. The number of alkyl halides is 3. The van der Waals surface area contributed by atoms with Crippen molar-refractivity contribution in [2.75, 3.05) is 5.32 Å². The van der Waals surface area contributed by atoms with Gasteiger partial charge in [0.25, 0.3) is 5.91 Å². The fourth-order valence-corrected chi connectivity index (χ4v) is 3.90. The molecule has 0 atom stereocenters. The quantitative estimate of drug-likeness (QED) is 0.530. The molecule has 4 aromatic rings. The number of halogens is 3. The molecular weight excluding hydrogens is 403 g/mol. The van der Waals surface area contributed by atoms with E-state index in [9.17, 15) is 18.0 Å². The minimum Gasteiger partial charge on any atom is -0.304 e. The first kappa shape index (κ1) is 19.1. The molecule has 0 spiro atoms. The van der Waals surface area contributed by atoms with Gasteiger partial charge in [-0.2, -0.15) is 18.3 Å². The van der Waals surface area contributed by atoms with Gasteiger partial charge in [0.1, 0.15) is 10.5 Å². The predicted molar refractivity (Wildman–Crippen MR) is 103 cm³/mol. The van der Waals surface area contributed by atoms with E-state index in [0.29, 0.717) is 28.2 Å². The molecule has 0 fully saturated rings. The molecule has 0 unspecified atom stereocenters. The van der Waals surface area contributed by atoms with Crippen molar-refractivity contribution in [3.63, 3.8) is 0 Å². The number of amides is 1. The Morgan fingerprint density at radius 1 is 1.21 bits per heavy atom. The van der Waals surface area contributed by atoms with Gasteiger partial charge in [0.2, 0.25) is 0 Å². The summed E-state index contributed by atoms with van der Waals surface area (Å²) in [5.74, 6) is -0.103. The predicted octanol–water partition coefficient (Wildman–Crippen LogP) is 4.52. The summed E-state index contributed by atoms with van der Waals surface area (Å²) >= 11 is 0.923. The Hall–Kier alpha value is -3.27. The number of nitrogens with one attached hydrogen (secondary N) is 1. The zero-order valence-electron chi connectivity index (χ0n) is 15.1. The van der Waals surface area contributed by atoms with Crippen molar-refractivity contribution in [1.29, 1.82) is 0 Å². The van der Waals surface area contributed by atoms with E-state index in [-0.39, 0.29) is 4.83 Å². The molecule has 0 bridgehead atoms. The van der Waals surface area contributed by atoms with E-state index < -0.39 is 17.8 Å². The smallest absolute Gasteiger partial charge is 0.304 e. The Bertz CT molecular complexity index is 1180. The second kappa shape index (κ2) is 7.28. The number of rotatable bonds is 4. The van der Waals surface area contributed by atoms with E-state index in [4.69, 9.17) is 0 Å². The second-order valence-electron chi connectivity index (χ2n) is 6.28. The average molecular weight is 417 g/mol. The van der Waals surface area contributed by atoms with E-state index in [1.165, 1.54) is 6.07 Å². The first-order valence-corrected chi connectivity index (χ1v) is 9.35. The lowest BCUT2D eigenvalue weighted by Crippen LogP contribution is -2.12. The highest BCUT2D eigenvalue weighted by Gasteiger charge is 2.33. The third-order valence-corrected chi connectivity index (χ3v) is 5.43. The number of carbonyl (C=O) groups excluding carboxylic acids is 1. The summed E-state index contributed by atoms with van der Waals surface area (Å²) in [7, 11) is 0. The van der Waals surface area contributed by atoms with Gasteiger partial charge < -0.3 is 5.32 Å². The van der Waals surface area contributed by atoms with Crippen molar-refractivity contribution in [2.45, 2.75) is 19.6 Å². The first-order chi connectivity index (χ1) is 13.8. The molecule has 0 aliphatic carbocycles. The molecule has 0 aliphatic heterocycles. The number of fused-ring (bicyclic) bond motifs is 1. The molecule has 4 rings (SSSR count).